The van der Waals surface area contributed by atoms with E-state index in [9.17, 15) is 19.6 Å². The number of amides is 2. The fraction of sp³-hybridized carbons (Fsp3) is 0.125. The number of aromatic nitrogens is 2. The van der Waals surface area contributed by atoms with Crippen LogP contribution in [0.25, 0.3) is 5.69 Å². The molecule has 11 heteroatoms. The first-order chi connectivity index (χ1) is 17.0. The van der Waals surface area contributed by atoms with Crippen LogP contribution in [0, 0.1) is 18.3 Å². The summed E-state index contributed by atoms with van der Waals surface area (Å²) in [4.78, 5) is 37.7. The first-order valence-corrected chi connectivity index (χ1v) is 12.3. The Balaban J connectivity index is 1.41. The molecule has 176 valence electrons. The molecule has 0 saturated heterocycles. The van der Waals surface area contributed by atoms with Crippen LogP contribution in [0.2, 0.25) is 0 Å². The number of H-pyrrole nitrogens is 1. The van der Waals surface area contributed by atoms with Gasteiger partial charge in [-0.1, -0.05) is 36.4 Å². The zero-order valence-corrected chi connectivity index (χ0v) is 20.2. The van der Waals surface area contributed by atoms with Crippen LogP contribution >= 0.6 is 23.1 Å². The summed E-state index contributed by atoms with van der Waals surface area (Å²) in [7, 11) is 0. The van der Waals surface area contributed by atoms with Gasteiger partial charge < -0.3 is 10.6 Å². The number of nitrogens with zero attached hydrogens (tertiary/aromatic N) is 2. The Morgan fingerprint density at radius 1 is 1.11 bits per heavy atom. The van der Waals surface area contributed by atoms with Gasteiger partial charge in [-0.25, -0.2) is 4.79 Å². The number of rotatable bonds is 8. The minimum absolute atomic E-state index is 0.0808. The van der Waals surface area contributed by atoms with E-state index in [-0.39, 0.29) is 23.8 Å². The van der Waals surface area contributed by atoms with Gasteiger partial charge in [-0.2, -0.15) is 5.26 Å². The van der Waals surface area contributed by atoms with Crippen molar-refractivity contribution in [3.8, 4) is 11.8 Å². The zero-order valence-electron chi connectivity index (χ0n) is 18.5. The van der Waals surface area contributed by atoms with Crippen LogP contribution in [-0.4, -0.2) is 22.8 Å². The Hall–Kier alpha value is -4.14. The van der Waals surface area contributed by atoms with Crippen LogP contribution in [0.5, 0.6) is 0 Å². The lowest BCUT2D eigenvalue weighted by Gasteiger charge is -2.03. The normalized spacial score (nSPS) is 10.5. The highest BCUT2D eigenvalue weighted by atomic mass is 32.2. The summed E-state index contributed by atoms with van der Waals surface area (Å²) >= 11 is 2.23. The molecule has 2 aromatic carbocycles. The second-order valence-corrected chi connectivity index (χ2v) is 9.40. The molecule has 35 heavy (non-hydrogen) atoms. The quantitative estimate of drug-likeness (QED) is 0.246. The molecule has 3 N–H and O–H groups in total. The van der Waals surface area contributed by atoms with Crippen molar-refractivity contribution in [1.29, 1.82) is 5.26 Å². The molecular formula is C24H20N5O4S2+. The van der Waals surface area contributed by atoms with Gasteiger partial charge in [0.15, 0.2) is 0 Å². The number of carbonyl (C=O) groups excluding carboxylic acids is 2. The predicted octanol–water partition coefficient (Wildman–Crippen LogP) is 3.86. The average Bonchev–Trinajstić information content (AvgIpc) is 3.39. The van der Waals surface area contributed by atoms with Crippen molar-refractivity contribution < 1.29 is 18.8 Å². The summed E-state index contributed by atoms with van der Waals surface area (Å²) in [6.45, 7) is 1.67. The Kier molecular flexibility index (Phi) is 7.45. The number of benzene rings is 2. The summed E-state index contributed by atoms with van der Waals surface area (Å²) in [5.41, 5.74) is 1.58. The van der Waals surface area contributed by atoms with Crippen LogP contribution < -0.4 is 20.9 Å². The first kappa shape index (κ1) is 24.0. The number of nitrogens with one attached hydrogen (secondary N) is 3. The van der Waals surface area contributed by atoms with Gasteiger partial charge in [0.05, 0.1) is 10.4 Å². The topological polar surface area (TPSA) is 132 Å². The van der Waals surface area contributed by atoms with E-state index < -0.39 is 5.63 Å². The summed E-state index contributed by atoms with van der Waals surface area (Å²) in [6, 6.07) is 20.2. The van der Waals surface area contributed by atoms with Crippen molar-refractivity contribution >= 4 is 45.6 Å². The zero-order chi connectivity index (χ0) is 24.8. The molecular weight excluding hydrogens is 486 g/mol. The predicted molar refractivity (Wildman–Crippen MR) is 133 cm³/mol. The van der Waals surface area contributed by atoms with Crippen LogP contribution in [0.3, 0.4) is 0 Å². The van der Waals surface area contributed by atoms with Crippen molar-refractivity contribution in [2.24, 2.45) is 0 Å². The van der Waals surface area contributed by atoms with E-state index in [2.05, 4.69) is 22.0 Å². The summed E-state index contributed by atoms with van der Waals surface area (Å²) in [5, 5.41) is 18.3. The van der Waals surface area contributed by atoms with Crippen LogP contribution in [0.1, 0.15) is 27.2 Å². The van der Waals surface area contributed by atoms with Gasteiger partial charge in [-0.05, 0) is 46.3 Å². The molecule has 0 bridgehead atoms. The molecule has 2 heterocycles. The van der Waals surface area contributed by atoms with Gasteiger partial charge in [0.2, 0.25) is 11.6 Å². The van der Waals surface area contributed by atoms with E-state index >= 15 is 0 Å². The van der Waals surface area contributed by atoms with Crippen LogP contribution in [-0.2, 0) is 4.79 Å². The Labute approximate surface area is 208 Å². The minimum atomic E-state index is -0.533. The largest absolute Gasteiger partial charge is 0.442 e. The minimum Gasteiger partial charge on any atom is -0.321 e. The van der Waals surface area contributed by atoms with Crippen LogP contribution in [0.4, 0.5) is 10.7 Å². The van der Waals surface area contributed by atoms with E-state index in [0.29, 0.717) is 31.9 Å². The van der Waals surface area contributed by atoms with Gasteiger partial charge in [0.25, 0.3) is 5.91 Å². The Morgan fingerprint density at radius 2 is 1.80 bits per heavy atom. The molecule has 2 amide bonds. The lowest BCUT2D eigenvalue weighted by molar-refractivity contribution is -0.704. The van der Waals surface area contributed by atoms with E-state index in [1.807, 2.05) is 36.4 Å². The van der Waals surface area contributed by atoms with Gasteiger partial charge in [0.1, 0.15) is 11.1 Å². The molecule has 9 nitrogen and oxygen atoms in total. The number of para-hydroxylation sites is 2. The maximum Gasteiger partial charge on any atom is 0.442 e. The molecule has 2 aromatic heterocycles. The Bertz CT molecular complexity index is 1450. The fourth-order valence-electron chi connectivity index (χ4n) is 3.23. The van der Waals surface area contributed by atoms with Gasteiger partial charge >= 0.3 is 10.7 Å². The summed E-state index contributed by atoms with van der Waals surface area (Å²) in [6.07, 6.45) is 0.0808. The Morgan fingerprint density at radius 3 is 2.49 bits per heavy atom. The number of hydrogen-bond acceptors (Lipinski definition) is 7. The fourth-order valence-corrected chi connectivity index (χ4v) is 5.21. The third-order valence-corrected chi connectivity index (χ3v) is 7.18. The van der Waals surface area contributed by atoms with E-state index in [1.54, 1.807) is 31.2 Å². The molecule has 0 aliphatic heterocycles. The molecule has 0 aliphatic carbocycles. The summed E-state index contributed by atoms with van der Waals surface area (Å²) < 4.78 is 6.42. The monoisotopic (exact) mass is 506 g/mol. The van der Waals surface area contributed by atoms with Crippen LogP contribution in [0.15, 0.2) is 75.0 Å². The molecule has 0 spiro atoms. The third kappa shape index (κ3) is 5.51. The molecule has 0 atom stereocenters. The number of thiophene rings is 1. The van der Waals surface area contributed by atoms with Gasteiger partial charge in [-0.15, -0.1) is 11.3 Å². The SMILES string of the molecule is Cc1c(C(=O)Nc2ccccc2)sc(NC(=O)CCSc2c(=O)o[nH][n+]2-c2ccccc2)c1C#N. The second kappa shape index (κ2) is 10.9. The highest BCUT2D eigenvalue weighted by molar-refractivity contribution is 7.99. The maximum absolute atomic E-state index is 12.7. The van der Waals surface area contributed by atoms with Crippen molar-refractivity contribution in [1.82, 2.24) is 5.27 Å². The smallest absolute Gasteiger partial charge is 0.321 e. The van der Waals surface area contributed by atoms with E-state index in [4.69, 9.17) is 4.52 Å². The highest BCUT2D eigenvalue weighted by Gasteiger charge is 2.25. The van der Waals surface area contributed by atoms with Gasteiger partial charge in [-0.3, -0.25) is 14.1 Å². The molecule has 0 unspecified atom stereocenters. The molecule has 0 radical (unpaired) electrons. The lowest BCUT2D eigenvalue weighted by Crippen LogP contribution is -2.36. The molecule has 4 aromatic rings. The first-order valence-electron chi connectivity index (χ1n) is 10.5. The van der Waals surface area contributed by atoms with Gasteiger partial charge in [0, 0.05) is 30.0 Å². The van der Waals surface area contributed by atoms with E-state index in [0.717, 1.165) is 17.0 Å². The highest BCUT2D eigenvalue weighted by Crippen LogP contribution is 2.33. The maximum atomic E-state index is 12.7. The summed E-state index contributed by atoms with van der Waals surface area (Å²) in [5.74, 6) is -0.387. The molecule has 0 fully saturated rings. The molecule has 0 aliphatic rings. The second-order valence-electron chi connectivity index (χ2n) is 7.30. The lowest BCUT2D eigenvalue weighted by atomic mass is 10.1. The number of anilines is 2. The van der Waals surface area contributed by atoms with Crippen molar-refractivity contribution in [3.63, 3.8) is 0 Å². The number of hydrogen-bond donors (Lipinski definition) is 3. The third-order valence-electron chi connectivity index (χ3n) is 4.94. The number of aromatic amines is 1. The van der Waals surface area contributed by atoms with Crippen molar-refractivity contribution in [2.75, 3.05) is 16.4 Å². The number of nitriles is 1. The van der Waals surface area contributed by atoms with Crippen molar-refractivity contribution in [3.05, 3.63) is 87.1 Å². The van der Waals surface area contributed by atoms with E-state index in [1.165, 1.54) is 16.4 Å². The van der Waals surface area contributed by atoms with Crippen molar-refractivity contribution in [2.45, 2.75) is 18.4 Å². The average molecular weight is 507 g/mol. The molecule has 0 saturated carbocycles. The molecule has 4 rings (SSSR count). The standard InChI is InChI=1S/C24H19N5O4S2/c1-15-18(14-25)22(35-20(15)21(31)26-16-8-4-2-5-9-16)27-19(30)12-13-34-23-24(32)33-28-29(23)17-10-6-3-7-11-17/h2-11H,12-13H2,1H3,(H2-,26,27,28,30,31,32)/p+1. The number of carbonyl (C=O) groups is 2. The number of thioether (sulfide) groups is 1.